The minimum atomic E-state index is 0.698. The number of allylic oxidation sites excluding steroid dienone is 5. The molecule has 1 saturated heterocycles. The molecule has 0 radical (unpaired) electrons. The van der Waals surface area contributed by atoms with E-state index in [-0.39, 0.29) is 0 Å². The van der Waals surface area contributed by atoms with Crippen LogP contribution in [0.4, 0.5) is 5.69 Å². The zero-order chi connectivity index (χ0) is 21.2. The first-order chi connectivity index (χ1) is 14.0. The number of anilines is 1. The lowest BCUT2D eigenvalue weighted by Gasteiger charge is -2.36. The van der Waals surface area contributed by atoms with Crippen LogP contribution in [0.15, 0.2) is 58.1 Å². The highest BCUT2D eigenvalue weighted by atomic mass is 35.5. The van der Waals surface area contributed by atoms with E-state index < -0.39 is 0 Å². The van der Waals surface area contributed by atoms with Gasteiger partial charge in [0.2, 0.25) is 0 Å². The molecule has 0 spiro atoms. The summed E-state index contributed by atoms with van der Waals surface area (Å²) in [6, 6.07) is 6.76. The molecular weight excluding hydrogens is 398 g/mol. The standard InChI is InChI=1S/C24H36ClN3S/c1-6-9-22(17-21(25)8-3)27-12-14-28(15-13-27)29-23-10-11-24(20(5)16-23)26-18-19(4)7-2/h6,8-11,16-17,19,26H,7,12-15,18H2,1-5H3/b9-6-,21-8+,22-17+. The Labute approximate surface area is 187 Å². The van der Waals surface area contributed by atoms with Crippen molar-refractivity contribution in [2.24, 2.45) is 5.92 Å². The molecule has 1 aliphatic heterocycles. The predicted molar refractivity (Wildman–Crippen MR) is 131 cm³/mol. The van der Waals surface area contributed by atoms with Gasteiger partial charge in [0.05, 0.1) is 0 Å². The van der Waals surface area contributed by atoms with Gasteiger partial charge in [0.15, 0.2) is 0 Å². The predicted octanol–water partition coefficient (Wildman–Crippen LogP) is 6.68. The molecule has 1 unspecified atom stereocenters. The normalized spacial score (nSPS) is 17.8. The molecule has 0 aliphatic carbocycles. The van der Waals surface area contributed by atoms with Crippen LogP contribution in [0, 0.1) is 12.8 Å². The summed E-state index contributed by atoms with van der Waals surface area (Å²) in [5.41, 5.74) is 3.76. The maximum atomic E-state index is 6.23. The van der Waals surface area contributed by atoms with Crippen molar-refractivity contribution in [2.75, 3.05) is 38.0 Å². The molecule has 160 valence electrons. The quantitative estimate of drug-likeness (QED) is 0.345. The third-order valence-corrected chi connectivity index (χ3v) is 6.69. The minimum absolute atomic E-state index is 0.698. The number of halogens is 1. The van der Waals surface area contributed by atoms with Gasteiger partial charge >= 0.3 is 0 Å². The Morgan fingerprint density at radius 1 is 1.24 bits per heavy atom. The number of nitrogens with one attached hydrogen (secondary N) is 1. The van der Waals surface area contributed by atoms with E-state index in [1.165, 1.54) is 28.3 Å². The lowest BCUT2D eigenvalue weighted by molar-refractivity contribution is 0.246. The SMILES string of the molecule is C\C=C/C(=C\C(Cl)=C/C)N1CCN(Sc2ccc(NCC(C)CC)c(C)c2)CC1. The molecule has 5 heteroatoms. The van der Waals surface area contributed by atoms with E-state index in [1.807, 2.05) is 31.9 Å². The highest BCUT2D eigenvalue weighted by Gasteiger charge is 2.19. The summed E-state index contributed by atoms with van der Waals surface area (Å²) >= 11 is 8.10. The minimum Gasteiger partial charge on any atom is -0.385 e. The highest BCUT2D eigenvalue weighted by Crippen LogP contribution is 2.28. The van der Waals surface area contributed by atoms with Crippen molar-refractivity contribution in [2.45, 2.75) is 45.9 Å². The maximum absolute atomic E-state index is 6.23. The van der Waals surface area contributed by atoms with Crippen LogP contribution in [-0.2, 0) is 0 Å². The Hall–Kier alpha value is -1.36. The highest BCUT2D eigenvalue weighted by molar-refractivity contribution is 7.97. The fourth-order valence-corrected chi connectivity index (χ4v) is 4.26. The van der Waals surface area contributed by atoms with Crippen LogP contribution in [0.2, 0.25) is 0 Å². The molecule has 1 N–H and O–H groups in total. The van der Waals surface area contributed by atoms with Crippen LogP contribution in [0.5, 0.6) is 0 Å². The monoisotopic (exact) mass is 433 g/mol. The summed E-state index contributed by atoms with van der Waals surface area (Å²) in [5.74, 6) is 0.698. The van der Waals surface area contributed by atoms with E-state index >= 15 is 0 Å². The van der Waals surface area contributed by atoms with Gasteiger partial charge in [-0.1, -0.05) is 44.0 Å². The Morgan fingerprint density at radius 3 is 2.55 bits per heavy atom. The number of piperazine rings is 1. The van der Waals surface area contributed by atoms with Gasteiger partial charge in [0.1, 0.15) is 0 Å². The molecule has 0 aromatic heterocycles. The molecule has 1 aliphatic rings. The van der Waals surface area contributed by atoms with Crippen molar-refractivity contribution in [3.63, 3.8) is 0 Å². The second-order valence-electron chi connectivity index (χ2n) is 7.62. The van der Waals surface area contributed by atoms with E-state index in [4.69, 9.17) is 11.6 Å². The van der Waals surface area contributed by atoms with Crippen molar-refractivity contribution >= 4 is 29.2 Å². The second kappa shape index (κ2) is 12.4. The first-order valence-electron chi connectivity index (χ1n) is 10.6. The van der Waals surface area contributed by atoms with Crippen LogP contribution >= 0.6 is 23.5 Å². The number of hydrogen-bond acceptors (Lipinski definition) is 4. The first kappa shape index (κ1) is 23.9. The van der Waals surface area contributed by atoms with Crippen molar-refractivity contribution in [1.29, 1.82) is 0 Å². The van der Waals surface area contributed by atoms with Crippen molar-refractivity contribution in [3.8, 4) is 0 Å². The topological polar surface area (TPSA) is 18.5 Å². The number of rotatable bonds is 9. The number of hydrogen-bond donors (Lipinski definition) is 1. The molecule has 1 fully saturated rings. The van der Waals surface area contributed by atoms with Gasteiger partial charge in [0, 0.05) is 54.0 Å². The Kier molecular flexibility index (Phi) is 10.2. The first-order valence-corrected chi connectivity index (χ1v) is 11.8. The zero-order valence-electron chi connectivity index (χ0n) is 18.5. The van der Waals surface area contributed by atoms with E-state index in [0.717, 1.165) is 37.8 Å². The van der Waals surface area contributed by atoms with Gasteiger partial charge in [-0.3, -0.25) is 0 Å². The Morgan fingerprint density at radius 2 is 1.97 bits per heavy atom. The molecule has 3 nitrogen and oxygen atoms in total. The summed E-state index contributed by atoms with van der Waals surface area (Å²) in [5, 5.41) is 4.37. The summed E-state index contributed by atoms with van der Waals surface area (Å²) in [6.07, 6.45) is 9.41. The number of aryl methyl sites for hydroxylation is 1. The van der Waals surface area contributed by atoms with Gasteiger partial charge in [-0.05, 0) is 74.6 Å². The van der Waals surface area contributed by atoms with Gasteiger partial charge in [0.25, 0.3) is 0 Å². The Balaban J connectivity index is 1.92. The summed E-state index contributed by atoms with van der Waals surface area (Å²) < 4.78 is 2.46. The maximum Gasteiger partial charge on any atom is 0.0383 e. The summed E-state index contributed by atoms with van der Waals surface area (Å²) in [7, 11) is 0. The fraction of sp³-hybridized carbons (Fsp3) is 0.500. The Bertz CT molecular complexity index is 734. The van der Waals surface area contributed by atoms with Gasteiger partial charge in [-0.15, -0.1) is 0 Å². The van der Waals surface area contributed by atoms with Crippen LogP contribution < -0.4 is 5.32 Å². The second-order valence-corrected chi connectivity index (χ2v) is 9.23. The van der Waals surface area contributed by atoms with Crippen LogP contribution in [0.1, 0.15) is 39.7 Å². The average molecular weight is 434 g/mol. The van der Waals surface area contributed by atoms with E-state index in [1.54, 1.807) is 0 Å². The fourth-order valence-electron chi connectivity index (χ4n) is 3.15. The van der Waals surface area contributed by atoms with Crippen molar-refractivity contribution in [1.82, 2.24) is 9.21 Å². The van der Waals surface area contributed by atoms with Gasteiger partial charge in [-0.2, -0.15) is 0 Å². The third kappa shape index (κ3) is 7.76. The van der Waals surface area contributed by atoms with Gasteiger partial charge in [-0.25, -0.2) is 4.31 Å². The average Bonchev–Trinajstić information content (AvgIpc) is 2.73. The third-order valence-electron chi connectivity index (χ3n) is 5.27. The van der Waals surface area contributed by atoms with Crippen LogP contribution in [0.3, 0.4) is 0 Å². The van der Waals surface area contributed by atoms with Crippen molar-refractivity contribution < 1.29 is 0 Å². The van der Waals surface area contributed by atoms with Crippen LogP contribution in [0.25, 0.3) is 0 Å². The molecule has 0 saturated carbocycles. The van der Waals surface area contributed by atoms with Gasteiger partial charge < -0.3 is 10.2 Å². The van der Waals surface area contributed by atoms with E-state index in [9.17, 15) is 0 Å². The molecule has 1 heterocycles. The number of nitrogens with zero attached hydrogens (tertiary/aromatic N) is 2. The molecular formula is C24H36ClN3S. The molecule has 29 heavy (non-hydrogen) atoms. The molecule has 0 bridgehead atoms. The van der Waals surface area contributed by atoms with Crippen molar-refractivity contribution in [3.05, 3.63) is 58.8 Å². The largest absolute Gasteiger partial charge is 0.385 e. The molecule has 1 atom stereocenters. The lowest BCUT2D eigenvalue weighted by atomic mass is 10.1. The molecule has 1 aromatic carbocycles. The smallest absolute Gasteiger partial charge is 0.0383 e. The van der Waals surface area contributed by atoms with E-state index in [0.29, 0.717) is 5.92 Å². The van der Waals surface area contributed by atoms with Crippen LogP contribution in [-0.4, -0.2) is 41.9 Å². The summed E-state index contributed by atoms with van der Waals surface area (Å²) in [4.78, 5) is 3.72. The molecule has 1 aromatic rings. The van der Waals surface area contributed by atoms with E-state index in [2.05, 4.69) is 71.7 Å². The molecule has 2 rings (SSSR count). The zero-order valence-corrected chi connectivity index (χ0v) is 20.1. The lowest BCUT2D eigenvalue weighted by Crippen LogP contribution is -2.42. The molecule has 0 amide bonds. The summed E-state index contributed by atoms with van der Waals surface area (Å²) in [6.45, 7) is 15.8. The number of benzene rings is 1.